The van der Waals surface area contributed by atoms with Crippen LogP contribution in [-0.4, -0.2) is 25.7 Å². The average Bonchev–Trinajstić information content (AvgIpc) is 3.02. The van der Waals surface area contributed by atoms with Gasteiger partial charge in [-0.1, -0.05) is 11.6 Å². The molecule has 82 valence electrons. The Kier molecular flexibility index (Phi) is 1.91. The van der Waals surface area contributed by atoms with Crippen LogP contribution in [0.1, 0.15) is 34.7 Å². The molecule has 5 nitrogen and oxygen atoms in total. The number of imidazole rings is 1. The summed E-state index contributed by atoms with van der Waals surface area (Å²) in [5.41, 5.74) is 1.55. The molecule has 0 unspecified atom stereocenters. The highest BCUT2D eigenvalue weighted by atomic mass is 35.5. The third kappa shape index (κ3) is 1.28. The number of aromatic carboxylic acids is 1. The number of fused-ring (bicyclic) bond motifs is 1. The lowest BCUT2D eigenvalue weighted by Gasteiger charge is -2.05. The van der Waals surface area contributed by atoms with Crippen molar-refractivity contribution in [2.24, 2.45) is 0 Å². The minimum Gasteiger partial charge on any atom is -0.478 e. The van der Waals surface area contributed by atoms with E-state index in [-0.39, 0.29) is 11.5 Å². The van der Waals surface area contributed by atoms with E-state index >= 15 is 0 Å². The normalized spacial score (nSPS) is 15.6. The lowest BCUT2D eigenvalue weighted by molar-refractivity contribution is 0.0695. The first-order chi connectivity index (χ1) is 7.68. The summed E-state index contributed by atoms with van der Waals surface area (Å²) < 4.78 is 1.47. The van der Waals surface area contributed by atoms with Gasteiger partial charge in [-0.15, -0.1) is 0 Å². The molecule has 1 aliphatic rings. The third-order valence-electron chi connectivity index (χ3n) is 2.75. The van der Waals surface area contributed by atoms with Crippen LogP contribution < -0.4 is 0 Å². The first-order valence-electron chi connectivity index (χ1n) is 4.94. The first-order valence-corrected chi connectivity index (χ1v) is 5.31. The standard InChI is InChI=1S/C10H8ClN3O2/c11-7-4-12-9-8(5-1-2-5)6(10(15)16)3-13-14(7)9/h3-5H,1-2H2,(H,15,16). The summed E-state index contributed by atoms with van der Waals surface area (Å²) in [5, 5.41) is 13.5. The summed E-state index contributed by atoms with van der Waals surface area (Å²) in [5.74, 6) is -0.675. The highest BCUT2D eigenvalue weighted by Gasteiger charge is 2.31. The van der Waals surface area contributed by atoms with E-state index in [0.29, 0.717) is 10.8 Å². The molecule has 1 aliphatic carbocycles. The Morgan fingerprint density at radius 2 is 2.25 bits per heavy atom. The van der Waals surface area contributed by atoms with Crippen molar-refractivity contribution in [3.05, 3.63) is 28.7 Å². The number of halogens is 1. The minimum absolute atomic E-state index is 0.234. The van der Waals surface area contributed by atoms with Gasteiger partial charge in [-0.25, -0.2) is 14.3 Å². The van der Waals surface area contributed by atoms with E-state index in [2.05, 4.69) is 10.1 Å². The molecular weight excluding hydrogens is 230 g/mol. The van der Waals surface area contributed by atoms with Crippen molar-refractivity contribution in [3.63, 3.8) is 0 Å². The molecule has 6 heteroatoms. The van der Waals surface area contributed by atoms with E-state index in [4.69, 9.17) is 16.7 Å². The SMILES string of the molecule is O=C(O)c1cnn2c(Cl)cnc2c1C1CC1. The van der Waals surface area contributed by atoms with E-state index in [0.717, 1.165) is 18.4 Å². The van der Waals surface area contributed by atoms with Crippen molar-refractivity contribution in [1.29, 1.82) is 0 Å². The monoisotopic (exact) mass is 237 g/mol. The number of carbonyl (C=O) groups is 1. The van der Waals surface area contributed by atoms with Gasteiger partial charge in [-0.05, 0) is 18.8 Å². The molecule has 0 radical (unpaired) electrons. The molecule has 1 N–H and O–H groups in total. The van der Waals surface area contributed by atoms with Gasteiger partial charge in [0.15, 0.2) is 10.8 Å². The van der Waals surface area contributed by atoms with Crippen molar-refractivity contribution in [2.75, 3.05) is 0 Å². The van der Waals surface area contributed by atoms with Crippen LogP contribution in [0, 0.1) is 0 Å². The Balaban J connectivity index is 2.35. The van der Waals surface area contributed by atoms with Gasteiger partial charge in [0.2, 0.25) is 0 Å². The van der Waals surface area contributed by atoms with Gasteiger partial charge in [-0.3, -0.25) is 0 Å². The van der Waals surface area contributed by atoms with Crippen molar-refractivity contribution in [2.45, 2.75) is 18.8 Å². The van der Waals surface area contributed by atoms with E-state index in [1.54, 1.807) is 0 Å². The van der Waals surface area contributed by atoms with Gasteiger partial charge in [0, 0.05) is 5.56 Å². The van der Waals surface area contributed by atoms with Crippen LogP contribution in [0.4, 0.5) is 0 Å². The highest BCUT2D eigenvalue weighted by Crippen LogP contribution is 2.43. The predicted octanol–water partition coefficient (Wildman–Crippen LogP) is 1.96. The topological polar surface area (TPSA) is 67.5 Å². The van der Waals surface area contributed by atoms with Crippen LogP contribution in [0.2, 0.25) is 5.15 Å². The second-order valence-electron chi connectivity index (χ2n) is 3.87. The second kappa shape index (κ2) is 3.18. The number of carboxylic acid groups (broad SMARTS) is 1. The average molecular weight is 238 g/mol. The lowest BCUT2D eigenvalue weighted by atomic mass is 10.1. The van der Waals surface area contributed by atoms with Gasteiger partial charge in [0.25, 0.3) is 0 Å². The van der Waals surface area contributed by atoms with Gasteiger partial charge in [-0.2, -0.15) is 5.10 Å². The third-order valence-corrected chi connectivity index (χ3v) is 3.00. The zero-order valence-electron chi connectivity index (χ0n) is 8.22. The summed E-state index contributed by atoms with van der Waals surface area (Å²) in [6.45, 7) is 0. The number of nitrogens with zero attached hydrogens (tertiary/aromatic N) is 3. The van der Waals surface area contributed by atoms with Gasteiger partial charge in [0.05, 0.1) is 18.0 Å². The summed E-state index contributed by atoms with van der Waals surface area (Å²) in [4.78, 5) is 15.2. The van der Waals surface area contributed by atoms with E-state index in [1.165, 1.54) is 16.9 Å². The van der Waals surface area contributed by atoms with E-state index in [9.17, 15) is 4.79 Å². The Morgan fingerprint density at radius 3 is 2.88 bits per heavy atom. The summed E-state index contributed by atoms with van der Waals surface area (Å²) in [6.07, 6.45) is 4.84. The van der Waals surface area contributed by atoms with Gasteiger partial charge < -0.3 is 5.11 Å². The smallest absolute Gasteiger partial charge is 0.337 e. The maximum absolute atomic E-state index is 11.1. The lowest BCUT2D eigenvalue weighted by Crippen LogP contribution is -2.07. The van der Waals surface area contributed by atoms with Gasteiger partial charge >= 0.3 is 5.97 Å². The molecular formula is C10H8ClN3O2. The molecule has 0 saturated heterocycles. The molecule has 0 aliphatic heterocycles. The zero-order chi connectivity index (χ0) is 11.3. The van der Waals surface area contributed by atoms with Crippen molar-refractivity contribution in [1.82, 2.24) is 14.6 Å². The minimum atomic E-state index is -0.962. The fourth-order valence-electron chi connectivity index (χ4n) is 1.87. The number of hydrogen-bond donors (Lipinski definition) is 1. The molecule has 1 saturated carbocycles. The molecule has 0 aromatic carbocycles. The van der Waals surface area contributed by atoms with Crippen LogP contribution in [-0.2, 0) is 0 Å². The van der Waals surface area contributed by atoms with E-state index < -0.39 is 5.97 Å². The Morgan fingerprint density at radius 1 is 1.50 bits per heavy atom. The molecule has 0 spiro atoms. The summed E-state index contributed by atoms with van der Waals surface area (Å²) in [6, 6.07) is 0. The number of carboxylic acids is 1. The van der Waals surface area contributed by atoms with Crippen molar-refractivity contribution < 1.29 is 9.90 Å². The highest BCUT2D eigenvalue weighted by molar-refractivity contribution is 6.29. The largest absolute Gasteiger partial charge is 0.478 e. The molecule has 16 heavy (non-hydrogen) atoms. The van der Waals surface area contributed by atoms with Crippen LogP contribution in [0.15, 0.2) is 12.4 Å². The molecule has 0 amide bonds. The molecule has 2 aromatic rings. The number of aromatic nitrogens is 3. The zero-order valence-corrected chi connectivity index (χ0v) is 8.98. The molecule has 1 fully saturated rings. The van der Waals surface area contributed by atoms with Crippen LogP contribution in [0.25, 0.3) is 5.65 Å². The van der Waals surface area contributed by atoms with E-state index in [1.807, 2.05) is 0 Å². The number of rotatable bonds is 2. The Hall–Kier alpha value is -1.62. The fraction of sp³-hybridized carbons (Fsp3) is 0.300. The first kappa shape index (κ1) is 9.59. The molecule has 0 atom stereocenters. The van der Waals surface area contributed by atoms with Crippen molar-refractivity contribution in [3.8, 4) is 0 Å². The maximum atomic E-state index is 11.1. The summed E-state index contributed by atoms with van der Waals surface area (Å²) in [7, 11) is 0. The number of hydrogen-bond acceptors (Lipinski definition) is 3. The van der Waals surface area contributed by atoms with Crippen molar-refractivity contribution >= 4 is 23.2 Å². The molecule has 2 heterocycles. The molecule has 3 rings (SSSR count). The predicted molar refractivity (Wildman–Crippen MR) is 56.9 cm³/mol. The van der Waals surface area contributed by atoms with Gasteiger partial charge in [0.1, 0.15) is 0 Å². The molecule has 2 aromatic heterocycles. The molecule has 0 bridgehead atoms. The van der Waals surface area contributed by atoms with Crippen LogP contribution in [0.5, 0.6) is 0 Å². The quantitative estimate of drug-likeness (QED) is 0.867. The van der Waals surface area contributed by atoms with Crippen LogP contribution >= 0.6 is 11.6 Å². The Bertz CT molecular complexity index is 589. The summed E-state index contributed by atoms with van der Waals surface area (Å²) >= 11 is 5.89. The Labute approximate surface area is 95.7 Å². The van der Waals surface area contributed by atoms with Crippen LogP contribution in [0.3, 0.4) is 0 Å². The fourth-order valence-corrected chi connectivity index (χ4v) is 2.04. The second-order valence-corrected chi connectivity index (χ2v) is 4.25. The maximum Gasteiger partial charge on any atom is 0.337 e.